The lowest BCUT2D eigenvalue weighted by atomic mass is 9.87. The molecule has 0 unspecified atom stereocenters. The van der Waals surface area contributed by atoms with E-state index >= 15 is 0 Å². The summed E-state index contributed by atoms with van der Waals surface area (Å²) in [6.07, 6.45) is 0. The molecule has 2 rings (SSSR count). The number of benzene rings is 2. The number of halogens is 2. The van der Waals surface area contributed by atoms with E-state index in [9.17, 15) is 9.59 Å². The van der Waals surface area contributed by atoms with E-state index in [1.165, 1.54) is 12.1 Å². The largest absolute Gasteiger partial charge is 0.452 e. The molecule has 0 saturated heterocycles. The van der Waals surface area contributed by atoms with Gasteiger partial charge in [-0.1, -0.05) is 56.1 Å². The Morgan fingerprint density at radius 3 is 2.28 bits per heavy atom. The van der Waals surface area contributed by atoms with E-state index in [2.05, 4.69) is 26.1 Å². The molecule has 0 bridgehead atoms. The maximum Gasteiger partial charge on any atom is 0.340 e. The van der Waals surface area contributed by atoms with Crippen LogP contribution in [0.1, 0.15) is 36.7 Å². The van der Waals surface area contributed by atoms with Crippen LogP contribution in [-0.4, -0.2) is 18.5 Å². The Labute approximate surface area is 157 Å². The monoisotopic (exact) mass is 379 g/mol. The molecule has 0 heterocycles. The highest BCUT2D eigenvalue weighted by Crippen LogP contribution is 2.24. The van der Waals surface area contributed by atoms with Crippen LogP contribution in [0.2, 0.25) is 10.0 Å². The molecular weight excluding hydrogens is 361 g/mol. The number of ether oxygens (including phenoxy) is 1. The summed E-state index contributed by atoms with van der Waals surface area (Å²) in [5, 5.41) is 3.25. The highest BCUT2D eigenvalue weighted by atomic mass is 35.5. The number of esters is 1. The van der Waals surface area contributed by atoms with Crippen LogP contribution >= 0.6 is 23.2 Å². The van der Waals surface area contributed by atoms with Crippen molar-refractivity contribution >= 4 is 40.8 Å². The van der Waals surface area contributed by atoms with Crippen molar-refractivity contribution in [2.45, 2.75) is 26.2 Å². The number of carbonyl (C=O) groups is 2. The highest BCUT2D eigenvalue weighted by molar-refractivity contribution is 6.35. The minimum atomic E-state index is -0.703. The number of hydrogen-bond donors (Lipinski definition) is 1. The van der Waals surface area contributed by atoms with Gasteiger partial charge in [-0.15, -0.1) is 0 Å². The average Bonchev–Trinajstić information content (AvgIpc) is 2.54. The third-order valence-electron chi connectivity index (χ3n) is 3.52. The molecule has 0 aromatic heterocycles. The van der Waals surface area contributed by atoms with Crippen LogP contribution in [0.3, 0.4) is 0 Å². The van der Waals surface area contributed by atoms with Gasteiger partial charge in [-0.2, -0.15) is 0 Å². The smallest absolute Gasteiger partial charge is 0.340 e. The van der Waals surface area contributed by atoms with Gasteiger partial charge < -0.3 is 10.1 Å². The maximum atomic E-state index is 12.0. The molecule has 0 aliphatic carbocycles. The van der Waals surface area contributed by atoms with Gasteiger partial charge in [0.2, 0.25) is 0 Å². The van der Waals surface area contributed by atoms with Crippen molar-refractivity contribution in [2.24, 2.45) is 0 Å². The molecule has 0 saturated carbocycles. The molecule has 132 valence electrons. The zero-order chi connectivity index (χ0) is 18.6. The second-order valence-electron chi connectivity index (χ2n) is 6.58. The highest BCUT2D eigenvalue weighted by Gasteiger charge is 2.15. The summed E-state index contributed by atoms with van der Waals surface area (Å²) in [6.45, 7) is 5.92. The molecule has 0 aliphatic rings. The number of anilines is 1. The first kappa shape index (κ1) is 19.3. The molecule has 0 spiro atoms. The van der Waals surface area contributed by atoms with Gasteiger partial charge in [0.05, 0.1) is 10.6 Å². The Balaban J connectivity index is 1.92. The van der Waals surface area contributed by atoms with Gasteiger partial charge in [-0.25, -0.2) is 4.79 Å². The van der Waals surface area contributed by atoms with Gasteiger partial charge in [0, 0.05) is 10.7 Å². The predicted octanol–water partition coefficient (Wildman–Crippen LogP) is 5.09. The first-order valence-corrected chi connectivity index (χ1v) is 8.45. The standard InChI is InChI=1S/C19H19Cl2NO3/c1-19(2,3)12-4-7-14(8-5-12)22-17(23)11-25-18(24)15-10-13(20)6-9-16(15)21/h4-10H,11H2,1-3H3,(H,22,23). The summed E-state index contributed by atoms with van der Waals surface area (Å²) >= 11 is 11.8. The van der Waals surface area contributed by atoms with Crippen LogP contribution in [-0.2, 0) is 14.9 Å². The number of rotatable bonds is 4. The molecule has 25 heavy (non-hydrogen) atoms. The minimum Gasteiger partial charge on any atom is -0.452 e. The van der Waals surface area contributed by atoms with Crippen molar-refractivity contribution in [3.05, 3.63) is 63.6 Å². The molecule has 0 radical (unpaired) electrons. The summed E-state index contributed by atoms with van der Waals surface area (Å²) < 4.78 is 4.98. The summed E-state index contributed by atoms with van der Waals surface area (Å²) in [4.78, 5) is 23.9. The van der Waals surface area contributed by atoms with E-state index in [0.29, 0.717) is 10.7 Å². The minimum absolute atomic E-state index is 0.0360. The zero-order valence-electron chi connectivity index (χ0n) is 14.2. The lowest BCUT2D eigenvalue weighted by Crippen LogP contribution is -2.21. The average molecular weight is 380 g/mol. The third-order valence-corrected chi connectivity index (χ3v) is 4.08. The Kier molecular flexibility index (Phi) is 6.09. The van der Waals surface area contributed by atoms with Crippen molar-refractivity contribution in [3.63, 3.8) is 0 Å². The van der Waals surface area contributed by atoms with E-state index in [1.54, 1.807) is 6.07 Å². The van der Waals surface area contributed by atoms with E-state index in [4.69, 9.17) is 27.9 Å². The van der Waals surface area contributed by atoms with Crippen molar-refractivity contribution < 1.29 is 14.3 Å². The van der Waals surface area contributed by atoms with Gasteiger partial charge in [-0.05, 0) is 41.3 Å². The van der Waals surface area contributed by atoms with Crippen LogP contribution < -0.4 is 5.32 Å². The first-order valence-electron chi connectivity index (χ1n) is 7.69. The van der Waals surface area contributed by atoms with Crippen LogP contribution in [0, 0.1) is 0 Å². The van der Waals surface area contributed by atoms with E-state index in [0.717, 1.165) is 5.56 Å². The fourth-order valence-electron chi connectivity index (χ4n) is 2.11. The normalized spacial score (nSPS) is 11.1. The quantitative estimate of drug-likeness (QED) is 0.752. The lowest BCUT2D eigenvalue weighted by molar-refractivity contribution is -0.119. The fourth-order valence-corrected chi connectivity index (χ4v) is 2.48. The van der Waals surface area contributed by atoms with Crippen molar-refractivity contribution in [1.82, 2.24) is 0 Å². The fraction of sp³-hybridized carbons (Fsp3) is 0.263. The molecule has 1 amide bonds. The Morgan fingerprint density at radius 1 is 1.04 bits per heavy atom. The second-order valence-corrected chi connectivity index (χ2v) is 7.42. The first-order chi connectivity index (χ1) is 11.7. The third kappa shape index (κ3) is 5.48. The van der Waals surface area contributed by atoms with Gasteiger partial charge in [0.1, 0.15) is 0 Å². The van der Waals surface area contributed by atoms with Crippen molar-refractivity contribution in [3.8, 4) is 0 Å². The molecule has 1 N–H and O–H groups in total. The Bertz CT molecular complexity index is 780. The molecule has 0 atom stereocenters. The molecule has 2 aromatic rings. The maximum absolute atomic E-state index is 12.0. The Hall–Kier alpha value is -2.04. The van der Waals surface area contributed by atoms with Crippen LogP contribution in [0.5, 0.6) is 0 Å². The molecular formula is C19H19Cl2NO3. The van der Waals surface area contributed by atoms with E-state index in [1.807, 2.05) is 24.3 Å². The van der Waals surface area contributed by atoms with E-state index < -0.39 is 18.5 Å². The second kappa shape index (κ2) is 7.89. The summed E-state index contributed by atoms with van der Waals surface area (Å²) in [5.41, 5.74) is 1.95. The topological polar surface area (TPSA) is 55.4 Å². The number of amides is 1. The number of hydrogen-bond acceptors (Lipinski definition) is 3. The molecule has 6 heteroatoms. The SMILES string of the molecule is CC(C)(C)c1ccc(NC(=O)COC(=O)c2cc(Cl)ccc2Cl)cc1. The van der Waals surface area contributed by atoms with Gasteiger partial charge in [0.15, 0.2) is 6.61 Å². The molecule has 0 fully saturated rings. The molecule has 2 aromatic carbocycles. The molecule has 0 aliphatic heterocycles. The summed E-state index contributed by atoms with van der Waals surface area (Å²) in [7, 11) is 0. The van der Waals surface area contributed by atoms with Crippen molar-refractivity contribution in [1.29, 1.82) is 0 Å². The van der Waals surface area contributed by atoms with Crippen molar-refractivity contribution in [2.75, 3.05) is 11.9 Å². The predicted molar refractivity (Wildman–Crippen MR) is 101 cm³/mol. The van der Waals surface area contributed by atoms with Crippen LogP contribution in [0.25, 0.3) is 0 Å². The lowest BCUT2D eigenvalue weighted by Gasteiger charge is -2.19. The van der Waals surface area contributed by atoms with Crippen LogP contribution in [0.15, 0.2) is 42.5 Å². The zero-order valence-corrected chi connectivity index (χ0v) is 15.7. The molecule has 4 nitrogen and oxygen atoms in total. The summed E-state index contributed by atoms with van der Waals surface area (Å²) in [5.74, 6) is -1.14. The van der Waals surface area contributed by atoms with Crippen LogP contribution in [0.4, 0.5) is 5.69 Å². The van der Waals surface area contributed by atoms with E-state index in [-0.39, 0.29) is 16.0 Å². The number of nitrogens with one attached hydrogen (secondary N) is 1. The summed E-state index contributed by atoms with van der Waals surface area (Å²) in [6, 6.07) is 12.0. The van der Waals surface area contributed by atoms with Gasteiger partial charge >= 0.3 is 5.97 Å². The Morgan fingerprint density at radius 2 is 1.68 bits per heavy atom. The van der Waals surface area contributed by atoms with Gasteiger partial charge in [0.25, 0.3) is 5.91 Å². The van der Waals surface area contributed by atoms with Gasteiger partial charge in [-0.3, -0.25) is 4.79 Å². The number of carbonyl (C=O) groups excluding carboxylic acids is 2.